The lowest BCUT2D eigenvalue weighted by atomic mass is 9.99. The summed E-state index contributed by atoms with van der Waals surface area (Å²) < 4.78 is 17.6. The van der Waals surface area contributed by atoms with Crippen LogP contribution >= 0.6 is 0 Å². The van der Waals surface area contributed by atoms with Gasteiger partial charge in [-0.25, -0.2) is 0 Å². The van der Waals surface area contributed by atoms with Gasteiger partial charge in [0.25, 0.3) is 0 Å². The Morgan fingerprint density at radius 1 is 0.470 bits per heavy atom. The number of allylic oxidation sites excluding steroid dienone is 13. The molecule has 0 saturated carbocycles. The van der Waals surface area contributed by atoms with Crippen LogP contribution in [0.5, 0.6) is 0 Å². The molecule has 1 fully saturated rings. The second-order valence-electron chi connectivity index (χ2n) is 23.6. The molecule has 0 aromatic carbocycles. The quantitative estimate of drug-likeness (QED) is 0.0195. The van der Waals surface area contributed by atoms with Gasteiger partial charge >= 0.3 is 5.97 Å². The summed E-state index contributed by atoms with van der Waals surface area (Å²) in [5.74, 6) is -1.21. The summed E-state index contributed by atoms with van der Waals surface area (Å²) in [6.45, 7) is 5.74. The summed E-state index contributed by atoms with van der Waals surface area (Å²) in [5, 5.41) is 57.1. The maximum Gasteiger partial charge on any atom is 0.306 e. The topological polar surface area (TPSA) is 175 Å². The second-order valence-corrected chi connectivity index (χ2v) is 23.6. The fourth-order valence-electron chi connectivity index (χ4n) is 10.3. The summed E-state index contributed by atoms with van der Waals surface area (Å²) in [4.78, 5) is 26.6. The summed E-state index contributed by atoms with van der Waals surface area (Å²) >= 11 is 0. The van der Waals surface area contributed by atoms with Gasteiger partial charge in [0, 0.05) is 6.42 Å². The van der Waals surface area contributed by atoms with E-state index < -0.39 is 67.4 Å². The fourth-order valence-corrected chi connectivity index (χ4v) is 10.3. The molecule has 1 rings (SSSR count). The van der Waals surface area contributed by atoms with Gasteiger partial charge in [-0.05, 0) is 103 Å². The van der Waals surface area contributed by atoms with Gasteiger partial charge in [-0.2, -0.15) is 0 Å². The fraction of sp³-hybridized carbons (Fsp3) is 0.778. The van der Waals surface area contributed by atoms with Crippen molar-refractivity contribution >= 4 is 11.9 Å². The van der Waals surface area contributed by atoms with E-state index in [9.17, 15) is 35.1 Å². The number of hydrogen-bond acceptors (Lipinski definition) is 10. The third-order valence-electron chi connectivity index (χ3n) is 15.8. The standard InChI is InChI=1S/C72H127NO10/c1-4-7-10-13-16-19-22-24-26-28-30-32-34-35-37-39-41-44-47-50-53-56-59-65(76)71(80)73-63(64(75)58-55-52-49-46-43-21-18-15-12-9-6-3)62-81-72-70(69(79)68(78)66(61-74)82-72)83-67(77)60-57-54-51-48-45-42-40-38-36-33-31-29-27-25-23-20-17-14-11-8-5-2/h16-17,19-20,24-27,31,33,38,40,55,58,63-66,68-70,72,74-76,78-79H,4-15,18,21-23,28-30,32,34-37,39,41-54,56-57,59-62H2,1-3H3,(H,73,80)/b19-16-,20-17-,26-24-,27-25-,33-31-,40-38-,58-55+. The van der Waals surface area contributed by atoms with Crippen LogP contribution in [0.4, 0.5) is 0 Å². The van der Waals surface area contributed by atoms with E-state index in [0.29, 0.717) is 12.8 Å². The van der Waals surface area contributed by atoms with E-state index in [-0.39, 0.29) is 19.4 Å². The molecule has 1 aliphatic heterocycles. The van der Waals surface area contributed by atoms with Gasteiger partial charge < -0.3 is 45.1 Å². The first-order valence-corrected chi connectivity index (χ1v) is 34.4. The molecule has 83 heavy (non-hydrogen) atoms. The van der Waals surface area contributed by atoms with Crippen molar-refractivity contribution in [1.82, 2.24) is 5.32 Å². The number of aliphatic hydroxyl groups excluding tert-OH is 5. The van der Waals surface area contributed by atoms with Gasteiger partial charge in [0.1, 0.15) is 24.4 Å². The number of hydrogen-bond donors (Lipinski definition) is 6. The summed E-state index contributed by atoms with van der Waals surface area (Å²) in [7, 11) is 0. The van der Waals surface area contributed by atoms with Gasteiger partial charge in [0.15, 0.2) is 12.4 Å². The van der Waals surface area contributed by atoms with Crippen LogP contribution in [0.15, 0.2) is 85.1 Å². The number of nitrogens with one attached hydrogen (secondary N) is 1. The van der Waals surface area contributed by atoms with E-state index in [4.69, 9.17) is 14.2 Å². The van der Waals surface area contributed by atoms with Gasteiger partial charge in [-0.3, -0.25) is 9.59 Å². The molecule has 11 heteroatoms. The highest BCUT2D eigenvalue weighted by molar-refractivity contribution is 5.80. The molecule has 1 aliphatic rings. The minimum atomic E-state index is -1.63. The van der Waals surface area contributed by atoms with E-state index in [0.717, 1.165) is 96.3 Å². The average Bonchev–Trinajstić information content (AvgIpc) is 3.69. The smallest absolute Gasteiger partial charge is 0.306 e. The van der Waals surface area contributed by atoms with Crippen molar-refractivity contribution < 1.29 is 49.3 Å². The predicted molar refractivity (Wildman–Crippen MR) is 347 cm³/mol. The van der Waals surface area contributed by atoms with Crippen LogP contribution < -0.4 is 5.32 Å². The van der Waals surface area contributed by atoms with Crippen LogP contribution in [0.3, 0.4) is 0 Å². The molecule has 0 bridgehead atoms. The van der Waals surface area contributed by atoms with Crippen LogP contribution in [0.1, 0.15) is 297 Å². The van der Waals surface area contributed by atoms with Crippen molar-refractivity contribution in [1.29, 1.82) is 0 Å². The maximum absolute atomic E-state index is 13.5. The molecular weight excluding hydrogens is 1040 g/mol. The minimum Gasteiger partial charge on any atom is -0.454 e. The van der Waals surface area contributed by atoms with E-state index >= 15 is 0 Å². The zero-order valence-electron chi connectivity index (χ0n) is 53.3. The van der Waals surface area contributed by atoms with Crippen molar-refractivity contribution in [2.75, 3.05) is 13.2 Å². The molecule has 0 aliphatic carbocycles. The van der Waals surface area contributed by atoms with Gasteiger partial charge in [0.2, 0.25) is 5.91 Å². The Bertz CT molecular complexity index is 1670. The maximum atomic E-state index is 13.5. The number of ether oxygens (including phenoxy) is 3. The number of rotatable bonds is 58. The monoisotopic (exact) mass is 1170 g/mol. The van der Waals surface area contributed by atoms with Gasteiger partial charge in [-0.1, -0.05) is 273 Å². The highest BCUT2D eigenvalue weighted by Gasteiger charge is 2.47. The van der Waals surface area contributed by atoms with Crippen molar-refractivity contribution in [3.8, 4) is 0 Å². The van der Waals surface area contributed by atoms with Gasteiger partial charge in [-0.15, -0.1) is 0 Å². The molecule has 480 valence electrons. The largest absolute Gasteiger partial charge is 0.454 e. The van der Waals surface area contributed by atoms with Crippen molar-refractivity contribution in [3.63, 3.8) is 0 Å². The highest BCUT2D eigenvalue weighted by Crippen LogP contribution is 2.26. The minimum absolute atomic E-state index is 0.0999. The average molecular weight is 1170 g/mol. The number of carbonyl (C=O) groups excluding carboxylic acids is 2. The lowest BCUT2D eigenvalue weighted by Gasteiger charge is -2.41. The van der Waals surface area contributed by atoms with Crippen molar-refractivity contribution in [3.05, 3.63) is 85.1 Å². The SMILES string of the molecule is CCCCC/C=C\C/C=C\C/C=C\C/C=C\CCCCCCCC(=O)OC1C(OCC(NC(=O)C(O)CCCCCCCCCCCCCC/C=C\C/C=C\CCCCC)C(O)/C=C/CCCCCCCCCCC)OC(CO)C(O)C1O. The lowest BCUT2D eigenvalue weighted by molar-refractivity contribution is -0.305. The predicted octanol–water partition coefficient (Wildman–Crippen LogP) is 17.3. The highest BCUT2D eigenvalue weighted by atomic mass is 16.7. The molecule has 8 atom stereocenters. The first-order valence-electron chi connectivity index (χ1n) is 34.4. The second kappa shape index (κ2) is 59.2. The molecule has 6 N–H and O–H groups in total. The van der Waals surface area contributed by atoms with Crippen LogP contribution in [0.25, 0.3) is 0 Å². The molecule has 0 aromatic rings. The molecule has 8 unspecified atom stereocenters. The first-order chi connectivity index (χ1) is 40.7. The van der Waals surface area contributed by atoms with E-state index in [1.54, 1.807) is 6.08 Å². The molecule has 0 aromatic heterocycles. The van der Waals surface area contributed by atoms with Crippen LogP contribution in [0, 0.1) is 0 Å². The number of esters is 1. The summed E-state index contributed by atoms with van der Waals surface area (Å²) in [6, 6.07) is -1.03. The normalized spacial score (nSPS) is 19.1. The van der Waals surface area contributed by atoms with Crippen LogP contribution in [-0.2, 0) is 23.8 Å². The van der Waals surface area contributed by atoms with E-state index in [1.807, 2.05) is 6.08 Å². The number of aliphatic hydroxyl groups is 5. The molecule has 0 spiro atoms. The molecule has 0 radical (unpaired) electrons. The molecule has 11 nitrogen and oxygen atoms in total. The Kier molecular flexibility index (Phi) is 55.5. The number of amides is 1. The molecule has 1 saturated heterocycles. The Morgan fingerprint density at radius 3 is 1.27 bits per heavy atom. The first kappa shape index (κ1) is 77.9. The molecule has 1 heterocycles. The number of carbonyl (C=O) groups is 2. The Labute approximate surface area is 508 Å². The van der Waals surface area contributed by atoms with Crippen LogP contribution in [0.2, 0.25) is 0 Å². The Morgan fingerprint density at radius 2 is 0.831 bits per heavy atom. The molecule has 1 amide bonds. The lowest BCUT2D eigenvalue weighted by Crippen LogP contribution is -2.61. The third-order valence-corrected chi connectivity index (χ3v) is 15.8. The van der Waals surface area contributed by atoms with Gasteiger partial charge in [0.05, 0.1) is 25.4 Å². The zero-order chi connectivity index (χ0) is 60.3. The van der Waals surface area contributed by atoms with E-state index in [1.165, 1.54) is 154 Å². The summed E-state index contributed by atoms with van der Waals surface area (Å²) in [5.41, 5.74) is 0. The number of unbranched alkanes of at least 4 members (excludes halogenated alkanes) is 32. The van der Waals surface area contributed by atoms with Crippen LogP contribution in [-0.4, -0.2) is 99.6 Å². The van der Waals surface area contributed by atoms with E-state index in [2.05, 4.69) is 99.0 Å². The Balaban J connectivity index is 2.60. The summed E-state index contributed by atoms with van der Waals surface area (Å²) in [6.07, 6.45) is 67.6. The Hall–Kier alpha value is -3.16. The van der Waals surface area contributed by atoms with Crippen molar-refractivity contribution in [2.24, 2.45) is 0 Å². The molecular formula is C72H127NO10. The zero-order valence-corrected chi connectivity index (χ0v) is 53.3. The van der Waals surface area contributed by atoms with Crippen molar-refractivity contribution in [2.45, 2.75) is 346 Å². The third kappa shape index (κ3) is 46.7.